The highest BCUT2D eigenvalue weighted by atomic mass is 16.4. The second kappa shape index (κ2) is 4.23. The van der Waals surface area contributed by atoms with Crippen molar-refractivity contribution < 1.29 is 9.90 Å². The number of rotatable bonds is 5. The van der Waals surface area contributed by atoms with E-state index in [0.717, 1.165) is 12.1 Å². The van der Waals surface area contributed by atoms with E-state index in [-0.39, 0.29) is 6.42 Å². The molecule has 1 aromatic rings. The van der Waals surface area contributed by atoms with E-state index >= 15 is 0 Å². The summed E-state index contributed by atoms with van der Waals surface area (Å²) >= 11 is 0. The Morgan fingerprint density at radius 1 is 1.62 bits per heavy atom. The van der Waals surface area contributed by atoms with Gasteiger partial charge in [0.2, 0.25) is 0 Å². The molecular formula is C11H17N3O2. The number of aliphatic carboxylic acids is 1. The predicted octanol–water partition coefficient (Wildman–Crippen LogP) is 1.44. The van der Waals surface area contributed by atoms with Crippen LogP contribution in [0.25, 0.3) is 0 Å². The van der Waals surface area contributed by atoms with E-state index in [4.69, 9.17) is 5.11 Å². The summed E-state index contributed by atoms with van der Waals surface area (Å²) in [5.74, 6) is -0.148. The minimum Gasteiger partial charge on any atom is -0.481 e. The molecule has 5 nitrogen and oxygen atoms in total. The van der Waals surface area contributed by atoms with Crippen molar-refractivity contribution >= 4 is 5.97 Å². The summed E-state index contributed by atoms with van der Waals surface area (Å²) in [7, 11) is 0. The van der Waals surface area contributed by atoms with Gasteiger partial charge in [0, 0.05) is 0 Å². The van der Waals surface area contributed by atoms with Crippen LogP contribution in [0.1, 0.15) is 44.1 Å². The van der Waals surface area contributed by atoms with Crippen LogP contribution in [-0.2, 0) is 17.6 Å². The summed E-state index contributed by atoms with van der Waals surface area (Å²) in [6.07, 6.45) is 3.25. The van der Waals surface area contributed by atoms with E-state index in [1.165, 1.54) is 12.8 Å². The van der Waals surface area contributed by atoms with Crippen LogP contribution < -0.4 is 0 Å². The normalized spacial score (nSPS) is 17.4. The molecule has 0 spiro atoms. The molecule has 0 radical (unpaired) electrons. The lowest BCUT2D eigenvalue weighted by Crippen LogP contribution is -2.13. The number of carboxylic acid groups (broad SMARTS) is 1. The summed E-state index contributed by atoms with van der Waals surface area (Å²) in [6.45, 7) is 4.15. The average molecular weight is 223 g/mol. The summed E-state index contributed by atoms with van der Waals surface area (Å²) in [4.78, 5) is 10.7. The fourth-order valence-electron chi connectivity index (χ4n) is 2.10. The highest BCUT2D eigenvalue weighted by Gasteiger charge is 2.31. The minimum atomic E-state index is -0.846. The van der Waals surface area contributed by atoms with Crippen molar-refractivity contribution in [2.45, 2.75) is 45.6 Å². The Morgan fingerprint density at radius 2 is 2.31 bits per heavy atom. The molecule has 0 aliphatic heterocycles. The molecule has 1 fully saturated rings. The van der Waals surface area contributed by atoms with Crippen molar-refractivity contribution in [3.8, 4) is 0 Å². The molecular weight excluding hydrogens is 206 g/mol. The molecule has 0 aromatic carbocycles. The summed E-state index contributed by atoms with van der Waals surface area (Å²) in [5.41, 5.74) is 1.59. The molecule has 0 amide bonds. The van der Waals surface area contributed by atoms with Crippen LogP contribution in [0.5, 0.6) is 0 Å². The van der Waals surface area contributed by atoms with Gasteiger partial charge in [0.05, 0.1) is 23.9 Å². The summed E-state index contributed by atoms with van der Waals surface area (Å²) in [5, 5.41) is 16.9. The van der Waals surface area contributed by atoms with E-state index in [1.54, 1.807) is 0 Å². The Balaban J connectivity index is 2.24. The summed E-state index contributed by atoms with van der Waals surface area (Å²) < 4.78 is 1.91. The molecule has 0 saturated heterocycles. The van der Waals surface area contributed by atoms with Gasteiger partial charge in [-0.1, -0.05) is 12.1 Å². The lowest BCUT2D eigenvalue weighted by Gasteiger charge is -2.13. The standard InChI is InChI=1S/C11H17N3O2/c1-3-10-9(6-11(15)16)12-13-14(10)7(2)8-4-5-8/h7-8H,3-6H2,1-2H3,(H,15,16). The van der Waals surface area contributed by atoms with Gasteiger partial charge in [-0.15, -0.1) is 5.10 Å². The van der Waals surface area contributed by atoms with E-state index < -0.39 is 5.97 Å². The minimum absolute atomic E-state index is 0.0272. The van der Waals surface area contributed by atoms with Crippen molar-refractivity contribution in [1.82, 2.24) is 15.0 Å². The maximum Gasteiger partial charge on any atom is 0.309 e. The molecule has 2 rings (SSSR count). The molecule has 1 saturated carbocycles. The molecule has 16 heavy (non-hydrogen) atoms. The third kappa shape index (κ3) is 2.08. The molecule has 1 atom stereocenters. The van der Waals surface area contributed by atoms with Gasteiger partial charge >= 0.3 is 5.97 Å². The smallest absolute Gasteiger partial charge is 0.309 e. The van der Waals surface area contributed by atoms with Crippen LogP contribution >= 0.6 is 0 Å². The van der Waals surface area contributed by atoms with Crippen LogP contribution in [0.4, 0.5) is 0 Å². The molecule has 5 heteroatoms. The van der Waals surface area contributed by atoms with Gasteiger partial charge in [-0.2, -0.15) is 0 Å². The van der Waals surface area contributed by atoms with E-state index in [1.807, 2.05) is 11.6 Å². The van der Waals surface area contributed by atoms with Gasteiger partial charge in [0.25, 0.3) is 0 Å². The first-order valence-corrected chi connectivity index (χ1v) is 5.78. The maximum atomic E-state index is 10.7. The van der Waals surface area contributed by atoms with Crippen molar-refractivity contribution in [3.05, 3.63) is 11.4 Å². The Morgan fingerprint density at radius 3 is 2.81 bits per heavy atom. The first-order chi connectivity index (χ1) is 7.63. The van der Waals surface area contributed by atoms with Gasteiger partial charge in [-0.05, 0) is 32.1 Å². The van der Waals surface area contributed by atoms with Crippen LogP contribution in [0.3, 0.4) is 0 Å². The molecule has 1 N–H and O–H groups in total. The fraction of sp³-hybridized carbons (Fsp3) is 0.727. The zero-order chi connectivity index (χ0) is 11.7. The maximum absolute atomic E-state index is 10.7. The number of hydrogen-bond donors (Lipinski definition) is 1. The molecule has 1 unspecified atom stereocenters. The first-order valence-electron chi connectivity index (χ1n) is 5.78. The van der Waals surface area contributed by atoms with Gasteiger partial charge < -0.3 is 5.11 Å². The highest BCUT2D eigenvalue weighted by Crippen LogP contribution is 2.39. The Labute approximate surface area is 94.5 Å². The Kier molecular flexibility index (Phi) is 2.94. The first kappa shape index (κ1) is 11.1. The number of nitrogens with zero attached hydrogens (tertiary/aromatic N) is 3. The van der Waals surface area contributed by atoms with E-state index in [0.29, 0.717) is 17.7 Å². The quantitative estimate of drug-likeness (QED) is 0.820. The second-order valence-electron chi connectivity index (χ2n) is 4.43. The number of carboxylic acids is 1. The SMILES string of the molecule is CCc1c(CC(=O)O)nnn1C(C)C1CC1. The lowest BCUT2D eigenvalue weighted by atomic mass is 10.1. The van der Waals surface area contributed by atoms with Gasteiger partial charge in [-0.3, -0.25) is 4.79 Å². The summed E-state index contributed by atoms with van der Waals surface area (Å²) in [6, 6.07) is 0.352. The van der Waals surface area contributed by atoms with Crippen molar-refractivity contribution in [1.29, 1.82) is 0 Å². The highest BCUT2D eigenvalue weighted by molar-refractivity contribution is 5.69. The zero-order valence-corrected chi connectivity index (χ0v) is 9.68. The third-order valence-electron chi connectivity index (χ3n) is 3.22. The van der Waals surface area contributed by atoms with E-state index in [2.05, 4.69) is 17.2 Å². The van der Waals surface area contributed by atoms with Crippen LogP contribution in [0.15, 0.2) is 0 Å². The van der Waals surface area contributed by atoms with E-state index in [9.17, 15) is 4.79 Å². The lowest BCUT2D eigenvalue weighted by molar-refractivity contribution is -0.136. The molecule has 1 aliphatic rings. The zero-order valence-electron chi connectivity index (χ0n) is 9.68. The fourth-order valence-corrected chi connectivity index (χ4v) is 2.10. The van der Waals surface area contributed by atoms with Crippen LogP contribution in [-0.4, -0.2) is 26.1 Å². The largest absolute Gasteiger partial charge is 0.481 e. The predicted molar refractivity (Wildman–Crippen MR) is 58.2 cm³/mol. The monoisotopic (exact) mass is 223 g/mol. The van der Waals surface area contributed by atoms with Crippen molar-refractivity contribution in [3.63, 3.8) is 0 Å². The van der Waals surface area contributed by atoms with Crippen molar-refractivity contribution in [2.24, 2.45) is 5.92 Å². The van der Waals surface area contributed by atoms with Crippen LogP contribution in [0.2, 0.25) is 0 Å². The Bertz CT molecular complexity index is 396. The molecule has 1 aromatic heterocycles. The molecule has 0 bridgehead atoms. The second-order valence-corrected chi connectivity index (χ2v) is 4.43. The topological polar surface area (TPSA) is 68.0 Å². The van der Waals surface area contributed by atoms with Crippen LogP contribution in [0, 0.1) is 5.92 Å². The number of hydrogen-bond acceptors (Lipinski definition) is 3. The molecule has 1 aliphatic carbocycles. The number of aromatic nitrogens is 3. The third-order valence-corrected chi connectivity index (χ3v) is 3.22. The van der Waals surface area contributed by atoms with Gasteiger partial charge in [0.15, 0.2) is 0 Å². The molecule has 88 valence electrons. The average Bonchev–Trinajstić information content (AvgIpc) is 2.99. The van der Waals surface area contributed by atoms with Gasteiger partial charge in [0.1, 0.15) is 0 Å². The molecule has 1 heterocycles. The van der Waals surface area contributed by atoms with Crippen molar-refractivity contribution in [2.75, 3.05) is 0 Å². The number of carbonyl (C=O) groups is 1. The Hall–Kier alpha value is -1.39. The van der Waals surface area contributed by atoms with Gasteiger partial charge in [-0.25, -0.2) is 4.68 Å².